The SMILES string of the molecule is C/C=C1\[C@H](O[C@@H]2O[C@H](CO)[C@@H](O)[C@H](O)[C@H]2O)OC=C(C(=O)OCCc2ccc(O)c(O)c2)[C@H]1CC(=O)Oc1ccc(CCO)cc1. The van der Waals surface area contributed by atoms with Crippen molar-refractivity contribution in [2.24, 2.45) is 5.92 Å². The summed E-state index contributed by atoms with van der Waals surface area (Å²) < 4.78 is 27.9. The summed E-state index contributed by atoms with van der Waals surface area (Å²) >= 11 is 0. The van der Waals surface area contributed by atoms with E-state index < -0.39 is 61.5 Å². The third kappa shape index (κ3) is 8.41. The summed E-state index contributed by atoms with van der Waals surface area (Å²) in [4.78, 5) is 26.4. The molecule has 1 saturated heterocycles. The molecule has 2 heterocycles. The van der Waals surface area contributed by atoms with E-state index in [-0.39, 0.29) is 54.5 Å². The summed E-state index contributed by atoms with van der Waals surface area (Å²) in [5, 5.41) is 68.7. The molecule has 0 bridgehead atoms. The van der Waals surface area contributed by atoms with E-state index in [0.717, 1.165) is 11.8 Å². The van der Waals surface area contributed by atoms with Gasteiger partial charge in [0.2, 0.25) is 6.29 Å². The topological polar surface area (TPSA) is 222 Å². The second-order valence-electron chi connectivity index (χ2n) is 10.7. The van der Waals surface area contributed by atoms with Gasteiger partial charge >= 0.3 is 11.9 Å². The number of aromatic hydroxyl groups is 2. The number of phenols is 2. The lowest BCUT2D eigenvalue weighted by Crippen LogP contribution is -2.60. The summed E-state index contributed by atoms with van der Waals surface area (Å²) in [5.41, 5.74) is 1.63. The number of esters is 2. The van der Waals surface area contributed by atoms with E-state index in [0.29, 0.717) is 12.0 Å². The average molecular weight is 647 g/mol. The van der Waals surface area contributed by atoms with E-state index >= 15 is 0 Å². The standard InChI is InChI=1S/C32H38O14/c1-2-20-21(14-26(37)44-19-6-3-17(4-7-19)9-11-33)22(30(41)42-12-10-18-5-8-23(35)24(36)13-18)16-43-31(20)46-32-29(40)28(39)27(38)25(15-34)45-32/h2-8,13,16,21,25,27-29,31-36,38-40H,9-12,14-15H2,1H3/b20-2-/t21-,25+,27+,28-,29+,31-,32-/m0/s1. The van der Waals surface area contributed by atoms with Crippen molar-refractivity contribution in [3.8, 4) is 17.2 Å². The van der Waals surface area contributed by atoms with Gasteiger partial charge < -0.3 is 59.4 Å². The number of hydrogen-bond donors (Lipinski definition) is 7. The summed E-state index contributed by atoms with van der Waals surface area (Å²) in [6.07, 6.45) is -6.34. The summed E-state index contributed by atoms with van der Waals surface area (Å²) in [6.45, 7) is 0.770. The molecule has 0 radical (unpaired) electrons. The fourth-order valence-electron chi connectivity index (χ4n) is 5.07. The summed E-state index contributed by atoms with van der Waals surface area (Å²) in [6, 6.07) is 10.7. The van der Waals surface area contributed by atoms with Gasteiger partial charge in [0, 0.05) is 24.5 Å². The van der Waals surface area contributed by atoms with Gasteiger partial charge in [0.25, 0.3) is 0 Å². The molecule has 0 amide bonds. The molecule has 2 aromatic rings. The fraction of sp³-hybridized carbons (Fsp3) is 0.438. The van der Waals surface area contributed by atoms with Crippen LogP contribution in [0, 0.1) is 5.92 Å². The maximum Gasteiger partial charge on any atom is 0.337 e. The Kier molecular flexibility index (Phi) is 12.1. The zero-order valence-corrected chi connectivity index (χ0v) is 25.0. The van der Waals surface area contributed by atoms with Crippen LogP contribution in [-0.4, -0.2) is 105 Å². The number of rotatable bonds is 12. The second kappa shape index (κ2) is 16.0. The Morgan fingerprint density at radius 2 is 1.63 bits per heavy atom. The lowest BCUT2D eigenvalue weighted by molar-refractivity contribution is -0.327. The Bertz CT molecular complexity index is 1400. The van der Waals surface area contributed by atoms with Crippen LogP contribution in [0.5, 0.6) is 17.2 Å². The van der Waals surface area contributed by atoms with Gasteiger partial charge in [-0.1, -0.05) is 24.3 Å². The van der Waals surface area contributed by atoms with E-state index in [1.165, 1.54) is 18.2 Å². The summed E-state index contributed by atoms with van der Waals surface area (Å²) in [5.74, 6) is -2.91. The summed E-state index contributed by atoms with van der Waals surface area (Å²) in [7, 11) is 0. The van der Waals surface area contributed by atoms with Gasteiger partial charge in [-0.05, 0) is 48.7 Å². The minimum absolute atomic E-state index is 0.0377. The molecule has 1 fully saturated rings. The van der Waals surface area contributed by atoms with Crippen molar-refractivity contribution in [2.75, 3.05) is 19.8 Å². The van der Waals surface area contributed by atoms with Gasteiger partial charge in [-0.15, -0.1) is 0 Å². The first-order chi connectivity index (χ1) is 22.1. The number of ether oxygens (including phenoxy) is 5. The number of hydrogen-bond acceptors (Lipinski definition) is 14. The zero-order chi connectivity index (χ0) is 33.4. The van der Waals surface area contributed by atoms with Gasteiger partial charge in [-0.3, -0.25) is 4.79 Å². The molecule has 0 aliphatic carbocycles. The number of carbonyl (C=O) groups is 2. The Labute approximate surface area is 264 Å². The Hall–Kier alpha value is -4.02. The first kappa shape index (κ1) is 34.8. The molecule has 2 aromatic carbocycles. The van der Waals surface area contributed by atoms with Crippen molar-refractivity contribution in [1.29, 1.82) is 0 Å². The number of aliphatic hydroxyl groups excluding tert-OH is 5. The zero-order valence-electron chi connectivity index (χ0n) is 25.0. The van der Waals surface area contributed by atoms with E-state index in [2.05, 4.69) is 0 Å². The number of aliphatic hydroxyl groups is 5. The van der Waals surface area contributed by atoms with Crippen LogP contribution in [0.3, 0.4) is 0 Å². The van der Waals surface area contributed by atoms with Crippen LogP contribution < -0.4 is 4.74 Å². The molecule has 14 nitrogen and oxygen atoms in total. The van der Waals surface area contributed by atoms with Gasteiger partial charge in [0.05, 0.1) is 31.5 Å². The highest BCUT2D eigenvalue weighted by molar-refractivity contribution is 5.91. The van der Waals surface area contributed by atoms with Crippen molar-refractivity contribution in [2.45, 2.75) is 63.2 Å². The van der Waals surface area contributed by atoms with E-state index in [1.807, 2.05) is 0 Å². The Morgan fingerprint density at radius 1 is 0.913 bits per heavy atom. The number of carbonyl (C=O) groups excluding carboxylic acids is 2. The van der Waals surface area contributed by atoms with Crippen LogP contribution in [0.25, 0.3) is 0 Å². The number of benzene rings is 2. The molecule has 2 aliphatic rings. The lowest BCUT2D eigenvalue weighted by Gasteiger charge is -2.41. The minimum Gasteiger partial charge on any atom is -0.504 e. The predicted molar refractivity (Wildman–Crippen MR) is 157 cm³/mol. The molecular weight excluding hydrogens is 608 g/mol. The largest absolute Gasteiger partial charge is 0.504 e. The van der Waals surface area contributed by atoms with Gasteiger partial charge in [-0.2, -0.15) is 0 Å². The third-order valence-electron chi connectivity index (χ3n) is 7.63. The Balaban J connectivity index is 1.52. The maximum atomic E-state index is 13.3. The van der Waals surface area contributed by atoms with Crippen molar-refractivity contribution >= 4 is 11.9 Å². The van der Waals surface area contributed by atoms with Crippen molar-refractivity contribution in [3.63, 3.8) is 0 Å². The Morgan fingerprint density at radius 3 is 2.28 bits per heavy atom. The third-order valence-corrected chi connectivity index (χ3v) is 7.63. The molecule has 14 heteroatoms. The van der Waals surface area contributed by atoms with Crippen LogP contribution >= 0.6 is 0 Å². The van der Waals surface area contributed by atoms with Gasteiger partial charge in [-0.25, -0.2) is 4.79 Å². The van der Waals surface area contributed by atoms with Crippen LogP contribution in [0.4, 0.5) is 0 Å². The molecule has 0 spiro atoms. The van der Waals surface area contributed by atoms with Gasteiger partial charge in [0.1, 0.15) is 30.2 Å². The molecule has 4 rings (SSSR count). The minimum atomic E-state index is -1.73. The molecule has 0 saturated carbocycles. The molecule has 7 N–H and O–H groups in total. The molecule has 2 aliphatic heterocycles. The molecule has 7 atom stereocenters. The molecule has 46 heavy (non-hydrogen) atoms. The predicted octanol–water partition coefficient (Wildman–Crippen LogP) is 0.333. The number of allylic oxidation sites excluding steroid dienone is 1. The quantitative estimate of drug-likeness (QED) is 0.0715. The van der Waals surface area contributed by atoms with Crippen molar-refractivity contribution < 1.29 is 69.0 Å². The van der Waals surface area contributed by atoms with E-state index in [4.69, 9.17) is 28.8 Å². The molecule has 0 unspecified atom stereocenters. The highest BCUT2D eigenvalue weighted by atomic mass is 16.8. The smallest absolute Gasteiger partial charge is 0.337 e. The molecular formula is C32H38O14. The van der Waals surface area contributed by atoms with Crippen LogP contribution in [0.2, 0.25) is 0 Å². The van der Waals surface area contributed by atoms with Gasteiger partial charge in [0.15, 0.2) is 17.8 Å². The van der Waals surface area contributed by atoms with Crippen LogP contribution in [0.15, 0.2) is 65.9 Å². The van der Waals surface area contributed by atoms with Crippen LogP contribution in [0.1, 0.15) is 24.5 Å². The highest BCUT2D eigenvalue weighted by Gasteiger charge is 2.47. The maximum absolute atomic E-state index is 13.3. The van der Waals surface area contributed by atoms with Crippen molar-refractivity contribution in [1.82, 2.24) is 0 Å². The fourth-order valence-corrected chi connectivity index (χ4v) is 5.07. The monoisotopic (exact) mass is 646 g/mol. The lowest BCUT2D eigenvalue weighted by atomic mass is 9.86. The first-order valence-corrected chi connectivity index (χ1v) is 14.6. The van der Waals surface area contributed by atoms with Crippen LogP contribution in [-0.2, 0) is 41.4 Å². The normalized spacial score (nSPS) is 27.0. The first-order valence-electron chi connectivity index (χ1n) is 14.6. The highest BCUT2D eigenvalue weighted by Crippen LogP contribution is 2.36. The number of phenolic OH excluding ortho intramolecular Hbond substituents is 2. The second-order valence-corrected chi connectivity index (χ2v) is 10.7. The average Bonchev–Trinajstić information content (AvgIpc) is 3.04. The van der Waals surface area contributed by atoms with E-state index in [1.54, 1.807) is 37.3 Å². The van der Waals surface area contributed by atoms with Crippen molar-refractivity contribution in [3.05, 3.63) is 77.1 Å². The van der Waals surface area contributed by atoms with E-state index in [9.17, 15) is 40.2 Å². The molecule has 250 valence electrons. The molecule has 0 aromatic heterocycles.